The minimum absolute atomic E-state index is 0.0663. The maximum atomic E-state index is 11.5. The van der Waals surface area contributed by atoms with Crippen LogP contribution in [0, 0.1) is 0 Å². The van der Waals surface area contributed by atoms with E-state index in [1.54, 1.807) is 18.9 Å². The minimum atomic E-state index is -0.248. The Bertz CT molecular complexity index is 397. The van der Waals surface area contributed by atoms with Gasteiger partial charge in [-0.05, 0) is 19.4 Å². The molecule has 112 valence electrons. The van der Waals surface area contributed by atoms with Gasteiger partial charge in [-0.25, -0.2) is 0 Å². The molecular weight excluding hydrogens is 274 g/mol. The van der Waals surface area contributed by atoms with Crippen LogP contribution in [0.5, 0.6) is 0 Å². The smallest absolute Gasteiger partial charge is 0.307 e. The highest BCUT2D eigenvalue weighted by atomic mass is 32.2. The van der Waals surface area contributed by atoms with E-state index in [0.29, 0.717) is 5.75 Å². The summed E-state index contributed by atoms with van der Waals surface area (Å²) in [6, 6.07) is 9.71. The van der Waals surface area contributed by atoms with Crippen LogP contribution in [0.25, 0.3) is 0 Å². The van der Waals surface area contributed by atoms with E-state index >= 15 is 0 Å². The van der Waals surface area contributed by atoms with Crippen molar-refractivity contribution in [1.82, 2.24) is 0 Å². The van der Waals surface area contributed by atoms with Gasteiger partial charge in [0.1, 0.15) is 5.44 Å². The SMILES string of the molecule is COC(SC[C@@H](N)CC(=O)OC(C)C)c1ccccc1. The molecule has 0 saturated heterocycles. The lowest BCUT2D eigenvalue weighted by molar-refractivity contribution is -0.147. The molecule has 5 heteroatoms. The molecule has 1 rings (SSSR count). The Balaban J connectivity index is 2.39. The van der Waals surface area contributed by atoms with Gasteiger partial charge in [-0.3, -0.25) is 4.79 Å². The molecule has 4 nitrogen and oxygen atoms in total. The molecule has 0 aliphatic rings. The van der Waals surface area contributed by atoms with E-state index in [2.05, 4.69) is 0 Å². The first-order valence-electron chi connectivity index (χ1n) is 6.67. The Morgan fingerprint density at radius 2 is 1.95 bits per heavy atom. The molecule has 0 spiro atoms. The number of nitrogens with two attached hydrogens (primary N) is 1. The second-order valence-electron chi connectivity index (χ2n) is 4.81. The second-order valence-corrected chi connectivity index (χ2v) is 5.91. The van der Waals surface area contributed by atoms with E-state index in [0.717, 1.165) is 5.56 Å². The van der Waals surface area contributed by atoms with Crippen LogP contribution in [-0.2, 0) is 14.3 Å². The van der Waals surface area contributed by atoms with Gasteiger partial charge in [0.05, 0.1) is 12.5 Å². The number of hydrogen-bond donors (Lipinski definition) is 1. The molecule has 0 saturated carbocycles. The molecule has 0 aromatic heterocycles. The summed E-state index contributed by atoms with van der Waals surface area (Å²) >= 11 is 1.59. The lowest BCUT2D eigenvalue weighted by Crippen LogP contribution is -2.28. The molecule has 0 heterocycles. The number of thioether (sulfide) groups is 1. The number of benzene rings is 1. The van der Waals surface area contributed by atoms with Crippen LogP contribution in [-0.4, -0.2) is 31.0 Å². The number of esters is 1. The van der Waals surface area contributed by atoms with Gasteiger partial charge in [-0.15, -0.1) is 11.8 Å². The second kappa shape index (κ2) is 9.00. The predicted molar refractivity (Wildman–Crippen MR) is 82.5 cm³/mol. The van der Waals surface area contributed by atoms with E-state index in [1.807, 2.05) is 44.2 Å². The van der Waals surface area contributed by atoms with Crippen molar-refractivity contribution in [2.75, 3.05) is 12.9 Å². The first-order chi connectivity index (χ1) is 9.52. The van der Waals surface area contributed by atoms with Gasteiger partial charge >= 0.3 is 5.97 Å². The van der Waals surface area contributed by atoms with Crippen LogP contribution in [0.15, 0.2) is 30.3 Å². The van der Waals surface area contributed by atoms with Gasteiger partial charge in [0.15, 0.2) is 0 Å². The van der Waals surface area contributed by atoms with Crippen molar-refractivity contribution in [3.63, 3.8) is 0 Å². The summed E-state index contributed by atoms with van der Waals surface area (Å²) in [6.45, 7) is 3.66. The van der Waals surface area contributed by atoms with Gasteiger partial charge < -0.3 is 15.2 Å². The zero-order valence-corrected chi connectivity index (χ0v) is 13.1. The van der Waals surface area contributed by atoms with Crippen LogP contribution >= 0.6 is 11.8 Å². The van der Waals surface area contributed by atoms with E-state index < -0.39 is 0 Å². The van der Waals surface area contributed by atoms with E-state index in [4.69, 9.17) is 15.2 Å². The van der Waals surface area contributed by atoms with Crippen LogP contribution in [0.1, 0.15) is 31.3 Å². The Hall–Kier alpha value is -1.04. The number of rotatable bonds is 8. The van der Waals surface area contributed by atoms with E-state index in [1.165, 1.54) is 0 Å². The maximum Gasteiger partial charge on any atom is 0.307 e. The van der Waals surface area contributed by atoms with Crippen molar-refractivity contribution >= 4 is 17.7 Å². The largest absolute Gasteiger partial charge is 0.463 e. The molecule has 1 unspecified atom stereocenters. The zero-order valence-electron chi connectivity index (χ0n) is 12.2. The summed E-state index contributed by atoms with van der Waals surface area (Å²) in [5, 5.41) is 0. The third kappa shape index (κ3) is 6.41. The molecule has 1 aromatic carbocycles. The monoisotopic (exact) mass is 297 g/mol. The summed E-state index contributed by atoms with van der Waals surface area (Å²) in [5.74, 6) is 0.391. The van der Waals surface area contributed by atoms with Gasteiger partial charge in [-0.2, -0.15) is 0 Å². The van der Waals surface area contributed by atoms with Gasteiger partial charge in [-0.1, -0.05) is 30.3 Å². The van der Waals surface area contributed by atoms with E-state index in [-0.39, 0.29) is 30.0 Å². The van der Waals surface area contributed by atoms with Crippen LogP contribution in [0.2, 0.25) is 0 Å². The fourth-order valence-corrected chi connectivity index (χ4v) is 2.73. The van der Waals surface area contributed by atoms with Crippen molar-refractivity contribution < 1.29 is 14.3 Å². The highest BCUT2D eigenvalue weighted by Crippen LogP contribution is 2.29. The maximum absolute atomic E-state index is 11.5. The third-order valence-corrected chi connectivity index (χ3v) is 3.93. The Morgan fingerprint density at radius 3 is 2.50 bits per heavy atom. The highest BCUT2D eigenvalue weighted by molar-refractivity contribution is 7.99. The average molecular weight is 297 g/mol. The molecule has 0 aliphatic carbocycles. The lowest BCUT2D eigenvalue weighted by atomic mass is 10.2. The normalized spacial score (nSPS) is 14.1. The molecule has 0 radical (unpaired) electrons. The Kier molecular flexibility index (Phi) is 7.65. The first-order valence-corrected chi connectivity index (χ1v) is 7.72. The van der Waals surface area contributed by atoms with Gasteiger partial charge in [0, 0.05) is 18.9 Å². The predicted octanol–water partition coefficient (Wildman–Crippen LogP) is 2.73. The summed E-state index contributed by atoms with van der Waals surface area (Å²) in [6.07, 6.45) is 0.134. The van der Waals surface area contributed by atoms with Crippen molar-refractivity contribution in [3.8, 4) is 0 Å². The highest BCUT2D eigenvalue weighted by Gasteiger charge is 2.16. The summed E-state index contributed by atoms with van der Waals surface area (Å²) < 4.78 is 10.5. The average Bonchev–Trinajstić information content (AvgIpc) is 2.39. The first kappa shape index (κ1) is 17.0. The molecule has 0 fully saturated rings. The minimum Gasteiger partial charge on any atom is -0.463 e. The molecule has 20 heavy (non-hydrogen) atoms. The topological polar surface area (TPSA) is 61.5 Å². The summed E-state index contributed by atoms with van der Waals surface area (Å²) in [5.41, 5.74) is 6.98. The lowest BCUT2D eigenvalue weighted by Gasteiger charge is -2.18. The molecular formula is C15H23NO3S. The molecule has 0 aliphatic heterocycles. The van der Waals surface area contributed by atoms with Crippen LogP contribution in [0.3, 0.4) is 0 Å². The van der Waals surface area contributed by atoms with Gasteiger partial charge in [0.2, 0.25) is 0 Å². The number of methoxy groups -OCH3 is 1. The molecule has 0 bridgehead atoms. The third-order valence-electron chi connectivity index (χ3n) is 2.54. The van der Waals surface area contributed by atoms with Crippen molar-refractivity contribution in [1.29, 1.82) is 0 Å². The Morgan fingerprint density at radius 1 is 1.30 bits per heavy atom. The Labute approximate surface area is 125 Å². The molecule has 2 N–H and O–H groups in total. The number of hydrogen-bond acceptors (Lipinski definition) is 5. The van der Waals surface area contributed by atoms with Crippen molar-refractivity contribution in [2.45, 2.75) is 37.9 Å². The molecule has 1 aromatic rings. The van der Waals surface area contributed by atoms with Gasteiger partial charge in [0.25, 0.3) is 0 Å². The summed E-state index contributed by atoms with van der Waals surface area (Å²) in [7, 11) is 1.67. The zero-order chi connectivity index (χ0) is 15.0. The number of ether oxygens (including phenoxy) is 2. The standard InChI is InChI=1S/C15H23NO3S/c1-11(2)19-14(17)9-13(16)10-20-15(18-3)12-7-5-4-6-8-12/h4-8,11,13,15H,9-10,16H2,1-3H3/t13-,15?/m0/s1. The fourth-order valence-electron chi connectivity index (χ4n) is 1.71. The van der Waals surface area contributed by atoms with Crippen LogP contribution < -0.4 is 5.73 Å². The fraction of sp³-hybridized carbons (Fsp3) is 0.533. The summed E-state index contributed by atoms with van der Waals surface area (Å²) in [4.78, 5) is 11.5. The number of carbonyl (C=O) groups excluding carboxylic acids is 1. The molecule has 0 amide bonds. The van der Waals surface area contributed by atoms with Crippen molar-refractivity contribution in [3.05, 3.63) is 35.9 Å². The van der Waals surface area contributed by atoms with Crippen LogP contribution in [0.4, 0.5) is 0 Å². The molecule has 2 atom stereocenters. The van der Waals surface area contributed by atoms with Crippen molar-refractivity contribution in [2.24, 2.45) is 5.73 Å². The quantitative estimate of drug-likeness (QED) is 0.590. The van der Waals surface area contributed by atoms with E-state index in [9.17, 15) is 4.79 Å². The number of carbonyl (C=O) groups is 1.